The molecule has 0 saturated carbocycles. The lowest BCUT2D eigenvalue weighted by Crippen LogP contribution is -2.56. The summed E-state index contributed by atoms with van der Waals surface area (Å²) < 4.78 is 5.40. The Balaban J connectivity index is 1.86. The maximum absolute atomic E-state index is 12.1. The number of likely N-dealkylation sites (tertiary alicyclic amines) is 1. The monoisotopic (exact) mass is 276 g/mol. The van der Waals surface area contributed by atoms with Crippen molar-refractivity contribution in [2.75, 3.05) is 19.6 Å². The summed E-state index contributed by atoms with van der Waals surface area (Å²) in [6.07, 6.45) is 1.91. The number of amides is 1. The number of hydrogen-bond acceptors (Lipinski definition) is 3. The minimum atomic E-state index is -0.210. The molecule has 0 spiro atoms. The predicted molar refractivity (Wildman–Crippen MR) is 79.5 cm³/mol. The molecule has 4 heteroatoms. The summed E-state index contributed by atoms with van der Waals surface area (Å²) in [6.45, 7) is 7.03. The zero-order valence-corrected chi connectivity index (χ0v) is 12.4. The highest BCUT2D eigenvalue weighted by atomic mass is 16.6. The van der Waals surface area contributed by atoms with Crippen molar-refractivity contribution in [1.82, 2.24) is 10.2 Å². The van der Waals surface area contributed by atoms with Crippen LogP contribution in [0.3, 0.4) is 0 Å². The van der Waals surface area contributed by atoms with Crippen LogP contribution in [0.4, 0.5) is 4.79 Å². The summed E-state index contributed by atoms with van der Waals surface area (Å²) in [5.41, 5.74) is 1.03. The molecule has 20 heavy (non-hydrogen) atoms. The molecule has 0 aromatic heterocycles. The zero-order valence-electron chi connectivity index (χ0n) is 12.4. The third-order valence-electron chi connectivity index (χ3n) is 3.76. The number of hydrogen-bond donors (Lipinski definition) is 1. The fourth-order valence-electron chi connectivity index (χ4n) is 2.78. The molecule has 2 rings (SSSR count). The second-order valence-electron chi connectivity index (χ2n) is 5.66. The first-order valence-corrected chi connectivity index (χ1v) is 7.33. The Labute approximate surface area is 121 Å². The molecule has 1 aromatic carbocycles. The molecule has 4 nitrogen and oxygen atoms in total. The number of carbonyl (C=O) groups excluding carboxylic acids is 1. The van der Waals surface area contributed by atoms with Gasteiger partial charge in [0.25, 0.3) is 0 Å². The lowest BCUT2D eigenvalue weighted by Gasteiger charge is -2.40. The predicted octanol–water partition coefficient (Wildman–Crippen LogP) is 2.79. The minimum Gasteiger partial charge on any atom is -0.445 e. The van der Waals surface area contributed by atoms with Crippen molar-refractivity contribution < 1.29 is 9.53 Å². The van der Waals surface area contributed by atoms with E-state index in [-0.39, 0.29) is 11.6 Å². The van der Waals surface area contributed by atoms with Gasteiger partial charge in [0.15, 0.2) is 0 Å². The summed E-state index contributed by atoms with van der Waals surface area (Å²) in [4.78, 5) is 14.0. The van der Waals surface area contributed by atoms with Crippen molar-refractivity contribution in [1.29, 1.82) is 0 Å². The average molecular weight is 276 g/mol. The van der Waals surface area contributed by atoms with E-state index in [1.807, 2.05) is 35.2 Å². The van der Waals surface area contributed by atoms with Gasteiger partial charge in [0, 0.05) is 18.6 Å². The number of nitrogens with one attached hydrogen (secondary N) is 1. The van der Waals surface area contributed by atoms with Crippen LogP contribution in [0.15, 0.2) is 30.3 Å². The molecule has 1 aromatic rings. The Morgan fingerprint density at radius 3 is 2.85 bits per heavy atom. The van der Waals surface area contributed by atoms with Crippen LogP contribution >= 0.6 is 0 Å². The van der Waals surface area contributed by atoms with Gasteiger partial charge in [0.2, 0.25) is 0 Å². The quantitative estimate of drug-likeness (QED) is 0.919. The summed E-state index contributed by atoms with van der Waals surface area (Å²) in [6, 6.07) is 9.79. The molecule has 110 valence electrons. The fraction of sp³-hybridized carbons (Fsp3) is 0.562. The van der Waals surface area contributed by atoms with Crippen molar-refractivity contribution >= 4 is 6.09 Å². The fourth-order valence-corrected chi connectivity index (χ4v) is 2.78. The number of benzene rings is 1. The van der Waals surface area contributed by atoms with E-state index in [4.69, 9.17) is 4.74 Å². The Bertz CT molecular complexity index is 431. The van der Waals surface area contributed by atoms with Crippen LogP contribution in [0.1, 0.15) is 32.3 Å². The first kappa shape index (κ1) is 14.9. The number of carbonyl (C=O) groups is 1. The van der Waals surface area contributed by atoms with Gasteiger partial charge in [-0.05, 0) is 31.9 Å². The lowest BCUT2D eigenvalue weighted by atomic mass is 9.91. The average Bonchev–Trinajstić information content (AvgIpc) is 2.46. The van der Waals surface area contributed by atoms with Gasteiger partial charge in [-0.15, -0.1) is 0 Å². The second kappa shape index (κ2) is 6.75. The van der Waals surface area contributed by atoms with Gasteiger partial charge in [-0.3, -0.25) is 0 Å². The molecule has 0 bridgehead atoms. The van der Waals surface area contributed by atoms with Crippen molar-refractivity contribution in [3.63, 3.8) is 0 Å². The van der Waals surface area contributed by atoms with E-state index in [1.165, 1.54) is 0 Å². The van der Waals surface area contributed by atoms with Crippen molar-refractivity contribution in [3.05, 3.63) is 35.9 Å². The summed E-state index contributed by atoms with van der Waals surface area (Å²) in [5.74, 6) is 0. The molecule has 0 aliphatic carbocycles. The zero-order chi connectivity index (χ0) is 14.4. The molecule has 1 fully saturated rings. The van der Waals surface area contributed by atoms with E-state index in [1.54, 1.807) is 0 Å². The number of rotatable bonds is 4. The molecule has 0 radical (unpaired) electrons. The van der Waals surface area contributed by atoms with Crippen molar-refractivity contribution in [3.8, 4) is 0 Å². The van der Waals surface area contributed by atoms with Crippen molar-refractivity contribution in [2.24, 2.45) is 0 Å². The molecule has 1 aliphatic rings. The molecular weight excluding hydrogens is 252 g/mol. The standard InChI is InChI=1S/C16H24N2O2/c1-3-17-16(2)10-7-11-18(13-16)15(19)20-12-14-8-5-4-6-9-14/h4-6,8-9,17H,3,7,10-13H2,1-2H3/t16-/m0/s1. The van der Waals surface area contributed by atoms with Gasteiger partial charge in [0.1, 0.15) is 6.61 Å². The molecule has 1 saturated heterocycles. The van der Waals surface area contributed by atoms with E-state index in [0.29, 0.717) is 13.2 Å². The van der Waals surface area contributed by atoms with Crippen LogP contribution in [-0.2, 0) is 11.3 Å². The summed E-state index contributed by atoms with van der Waals surface area (Å²) in [5, 5.41) is 3.47. The van der Waals surface area contributed by atoms with Crippen LogP contribution in [0, 0.1) is 0 Å². The smallest absolute Gasteiger partial charge is 0.410 e. The molecule has 1 heterocycles. The van der Waals surface area contributed by atoms with Gasteiger partial charge >= 0.3 is 6.09 Å². The van der Waals surface area contributed by atoms with Gasteiger partial charge in [-0.25, -0.2) is 4.79 Å². The minimum absolute atomic E-state index is 0.0127. The molecule has 1 N–H and O–H groups in total. The van der Waals surface area contributed by atoms with Gasteiger partial charge < -0.3 is 15.0 Å². The third kappa shape index (κ3) is 3.97. The highest BCUT2D eigenvalue weighted by Crippen LogP contribution is 2.21. The lowest BCUT2D eigenvalue weighted by molar-refractivity contribution is 0.0694. The molecule has 1 amide bonds. The largest absolute Gasteiger partial charge is 0.445 e. The van der Waals surface area contributed by atoms with Crippen LogP contribution in [-0.4, -0.2) is 36.2 Å². The topological polar surface area (TPSA) is 41.6 Å². The number of likely N-dealkylation sites (N-methyl/N-ethyl adjacent to an activating group) is 1. The van der Waals surface area contributed by atoms with E-state index >= 15 is 0 Å². The van der Waals surface area contributed by atoms with Gasteiger partial charge in [-0.2, -0.15) is 0 Å². The van der Waals surface area contributed by atoms with Crippen LogP contribution in [0.2, 0.25) is 0 Å². The maximum Gasteiger partial charge on any atom is 0.410 e. The first-order chi connectivity index (χ1) is 9.63. The van der Waals surface area contributed by atoms with E-state index in [9.17, 15) is 4.79 Å². The Morgan fingerprint density at radius 2 is 2.15 bits per heavy atom. The SMILES string of the molecule is CCN[C@@]1(C)CCCN(C(=O)OCc2ccccc2)C1. The molecule has 1 atom stereocenters. The Morgan fingerprint density at radius 1 is 1.40 bits per heavy atom. The highest BCUT2D eigenvalue weighted by Gasteiger charge is 2.32. The first-order valence-electron chi connectivity index (χ1n) is 7.33. The van der Waals surface area contributed by atoms with Crippen LogP contribution in [0.25, 0.3) is 0 Å². The number of ether oxygens (including phenoxy) is 1. The van der Waals surface area contributed by atoms with Crippen LogP contribution < -0.4 is 5.32 Å². The number of piperidine rings is 1. The molecule has 0 unspecified atom stereocenters. The van der Waals surface area contributed by atoms with Gasteiger partial charge in [0.05, 0.1) is 0 Å². The van der Waals surface area contributed by atoms with Crippen molar-refractivity contribution in [2.45, 2.75) is 38.8 Å². The Kier molecular flexibility index (Phi) is 5.01. The van der Waals surface area contributed by atoms with E-state index in [2.05, 4.69) is 19.2 Å². The normalized spacial score (nSPS) is 22.6. The second-order valence-corrected chi connectivity index (χ2v) is 5.66. The molecule has 1 aliphatic heterocycles. The van der Waals surface area contributed by atoms with Crippen LogP contribution in [0.5, 0.6) is 0 Å². The summed E-state index contributed by atoms with van der Waals surface area (Å²) >= 11 is 0. The van der Waals surface area contributed by atoms with Gasteiger partial charge in [-0.1, -0.05) is 37.3 Å². The van der Waals surface area contributed by atoms with E-state index < -0.39 is 0 Å². The number of nitrogens with zero attached hydrogens (tertiary/aromatic N) is 1. The maximum atomic E-state index is 12.1. The van der Waals surface area contributed by atoms with E-state index in [0.717, 1.165) is 31.5 Å². The molecular formula is C16H24N2O2. The summed E-state index contributed by atoms with van der Waals surface area (Å²) in [7, 11) is 0. The Hall–Kier alpha value is -1.55. The highest BCUT2D eigenvalue weighted by molar-refractivity contribution is 5.68. The third-order valence-corrected chi connectivity index (χ3v) is 3.76.